The van der Waals surface area contributed by atoms with E-state index in [9.17, 15) is 0 Å². The summed E-state index contributed by atoms with van der Waals surface area (Å²) in [5.41, 5.74) is 0. The molecule has 0 radical (unpaired) electrons. The molecule has 0 aliphatic heterocycles. The van der Waals surface area contributed by atoms with Crippen molar-refractivity contribution in [1.29, 1.82) is 0 Å². The summed E-state index contributed by atoms with van der Waals surface area (Å²) in [5, 5.41) is 0. The largest absolute Gasteiger partial charge is 1.00 e. The molecule has 0 spiro atoms. The van der Waals surface area contributed by atoms with Gasteiger partial charge >= 0.3 is 72.2 Å². The molecular formula is H8AlKO8S2Zn. The molecule has 0 aromatic rings. The van der Waals surface area contributed by atoms with Crippen LogP contribution in [0.3, 0.4) is 0 Å². The van der Waals surface area contributed by atoms with Crippen molar-refractivity contribution in [3.63, 3.8) is 0 Å². The van der Waals surface area contributed by atoms with Crippen molar-refractivity contribution in [2.75, 3.05) is 0 Å². The average Bonchev–Trinajstić information content (AvgIpc) is 1.12. The quantitative estimate of drug-likeness (QED) is 0.254. The van der Waals surface area contributed by atoms with Crippen molar-refractivity contribution >= 4 is 38.2 Å². The van der Waals surface area contributed by atoms with Crippen LogP contribution in [0.4, 0.5) is 0 Å². The van der Waals surface area contributed by atoms with E-state index in [2.05, 4.69) is 0 Å². The predicted molar refractivity (Wildman–Crippen MR) is 39.4 cm³/mol. The molecule has 13 heteroatoms. The van der Waals surface area contributed by atoms with Gasteiger partial charge in [0.15, 0.2) is 17.4 Å². The molecular weight excluding hydrogens is 324 g/mol. The fraction of sp³-hybridized carbons (Fsp3) is 0. The van der Waals surface area contributed by atoms with Gasteiger partial charge in [0.1, 0.15) is 0 Å². The van der Waals surface area contributed by atoms with E-state index in [1.54, 1.807) is 0 Å². The van der Waals surface area contributed by atoms with E-state index >= 15 is 0 Å². The minimum Gasteiger partial charge on any atom is -1.00 e. The first kappa shape index (κ1) is 29.6. The van der Waals surface area contributed by atoms with Crippen LogP contribution in [-0.4, -0.2) is 52.4 Å². The van der Waals surface area contributed by atoms with Gasteiger partial charge in [-0.3, -0.25) is 18.2 Å². The van der Waals surface area contributed by atoms with Crippen LogP contribution in [0.2, 0.25) is 0 Å². The fourth-order valence-electron chi connectivity index (χ4n) is 0. The van der Waals surface area contributed by atoms with Crippen molar-refractivity contribution in [2.45, 2.75) is 0 Å². The summed E-state index contributed by atoms with van der Waals surface area (Å²) in [6, 6.07) is 0. The summed E-state index contributed by atoms with van der Waals surface area (Å²) in [6.45, 7) is 0. The minimum atomic E-state index is -4.67. The summed E-state index contributed by atoms with van der Waals surface area (Å²) in [5.74, 6) is 0. The number of rotatable bonds is 0. The molecule has 74 valence electrons. The normalized spacial score (nSPS) is 8.92. The molecule has 0 fully saturated rings. The van der Waals surface area contributed by atoms with E-state index in [4.69, 9.17) is 35.0 Å². The van der Waals surface area contributed by atoms with Gasteiger partial charge in [-0.05, 0) is 0 Å². The smallest absolute Gasteiger partial charge is 1.00 e. The summed E-state index contributed by atoms with van der Waals surface area (Å²) in [7, 11) is -9.33. The van der Waals surface area contributed by atoms with Gasteiger partial charge in [-0.1, -0.05) is 0 Å². The van der Waals surface area contributed by atoms with E-state index in [1.165, 1.54) is 0 Å². The molecule has 0 atom stereocenters. The summed E-state index contributed by atoms with van der Waals surface area (Å²) in [6.07, 6.45) is 0. The van der Waals surface area contributed by atoms with Crippen molar-refractivity contribution in [3.8, 4) is 0 Å². The zero-order valence-electron chi connectivity index (χ0n) is 6.95. The van der Waals surface area contributed by atoms with Crippen LogP contribution in [0, 0.1) is 0 Å². The van der Waals surface area contributed by atoms with Crippen molar-refractivity contribution in [2.24, 2.45) is 0 Å². The Bertz CT molecular complexity index is 224. The first-order valence-corrected chi connectivity index (χ1v) is 4.19. The summed E-state index contributed by atoms with van der Waals surface area (Å²) < 4.78 is 63.2. The fourth-order valence-corrected chi connectivity index (χ4v) is 0. The Balaban J connectivity index is -0.0000000178. The van der Waals surface area contributed by atoms with E-state index in [0.717, 1.165) is 0 Å². The molecule has 0 unspecified atom stereocenters. The number of hydrogen-bond donors (Lipinski definition) is 4. The zero-order chi connectivity index (χ0) is 9.00. The second kappa shape index (κ2) is 12.6. The van der Waals surface area contributed by atoms with E-state index in [0.29, 0.717) is 0 Å². The van der Waals surface area contributed by atoms with Gasteiger partial charge < -0.3 is 1.43 Å². The third-order valence-corrected chi connectivity index (χ3v) is 0. The Hall–Kier alpha value is 2.53. The van der Waals surface area contributed by atoms with Gasteiger partial charge in [0.05, 0.1) is 0 Å². The molecule has 8 nitrogen and oxygen atoms in total. The van der Waals surface area contributed by atoms with Gasteiger partial charge in [0.2, 0.25) is 0 Å². The Labute approximate surface area is 143 Å². The van der Waals surface area contributed by atoms with Crippen LogP contribution in [0.25, 0.3) is 0 Å². The first-order chi connectivity index (χ1) is 4.00. The molecule has 0 aromatic heterocycles. The SMILES string of the molecule is O=S(=O)(O)O.O=S(=O)(O)O.[AlH3].[H-].[K+].[Zn]. The second-order valence-electron chi connectivity index (χ2n) is 0.896. The average molecular weight is 332 g/mol. The van der Waals surface area contributed by atoms with Crippen molar-refractivity contribution < 1.29 is 107 Å². The van der Waals surface area contributed by atoms with Crippen LogP contribution in [-0.2, 0) is 40.3 Å². The third-order valence-electron chi connectivity index (χ3n) is 0. The van der Waals surface area contributed by atoms with E-state index < -0.39 is 20.8 Å². The van der Waals surface area contributed by atoms with Crippen molar-refractivity contribution in [3.05, 3.63) is 0 Å². The Morgan fingerprint density at radius 1 is 0.769 bits per heavy atom. The molecule has 0 aliphatic carbocycles. The van der Waals surface area contributed by atoms with Gasteiger partial charge in [-0.15, -0.1) is 0 Å². The van der Waals surface area contributed by atoms with E-state index in [-0.39, 0.29) is 89.7 Å². The maximum Gasteiger partial charge on any atom is 1.00 e. The summed E-state index contributed by atoms with van der Waals surface area (Å²) >= 11 is 0. The molecule has 0 amide bonds. The van der Waals surface area contributed by atoms with Crippen LogP contribution < -0.4 is 51.4 Å². The van der Waals surface area contributed by atoms with Crippen LogP contribution in [0.1, 0.15) is 1.43 Å². The summed E-state index contributed by atoms with van der Waals surface area (Å²) in [4.78, 5) is 0. The molecule has 4 N–H and O–H groups in total. The van der Waals surface area contributed by atoms with Crippen LogP contribution >= 0.6 is 0 Å². The molecule has 0 saturated carbocycles. The topological polar surface area (TPSA) is 149 Å². The van der Waals surface area contributed by atoms with Gasteiger partial charge in [-0.2, -0.15) is 16.8 Å². The molecule has 0 aromatic carbocycles. The third kappa shape index (κ3) is 356. The van der Waals surface area contributed by atoms with Gasteiger partial charge in [0.25, 0.3) is 0 Å². The Morgan fingerprint density at radius 2 is 0.769 bits per heavy atom. The maximum atomic E-state index is 8.74. The van der Waals surface area contributed by atoms with Crippen molar-refractivity contribution in [1.82, 2.24) is 0 Å². The first-order valence-electron chi connectivity index (χ1n) is 1.40. The maximum absolute atomic E-state index is 8.74. The minimum absolute atomic E-state index is 0. The monoisotopic (exact) mass is 330 g/mol. The molecule has 13 heavy (non-hydrogen) atoms. The molecule has 0 aliphatic rings. The molecule has 0 saturated heterocycles. The van der Waals surface area contributed by atoms with Crippen LogP contribution in [0.5, 0.6) is 0 Å². The Kier molecular flexibility index (Phi) is 28.7. The number of hydrogen-bond acceptors (Lipinski definition) is 4. The van der Waals surface area contributed by atoms with Crippen LogP contribution in [0.15, 0.2) is 0 Å². The standard InChI is InChI=1S/Al.K.2H2O4S.Zn.4H/c;;2*1-5(2,3)4;;;;;/h;;2*(H2,1,2,3,4);;;;;/q;+1;;;;;;;-1. The van der Waals surface area contributed by atoms with E-state index in [1.807, 2.05) is 0 Å². The zero-order valence-corrected chi connectivity index (χ0v) is 13.7. The Morgan fingerprint density at radius 3 is 0.769 bits per heavy atom. The molecule has 0 bridgehead atoms. The second-order valence-corrected chi connectivity index (χ2v) is 2.69. The molecule has 0 rings (SSSR count). The molecule has 0 heterocycles. The van der Waals surface area contributed by atoms with Gasteiger partial charge in [0, 0.05) is 19.5 Å². The predicted octanol–water partition coefficient (Wildman–Crippen LogP) is -5.38. The van der Waals surface area contributed by atoms with Gasteiger partial charge in [-0.25, -0.2) is 0 Å².